The van der Waals surface area contributed by atoms with Gasteiger partial charge >= 0.3 is 5.97 Å². The van der Waals surface area contributed by atoms with E-state index in [0.717, 1.165) is 6.42 Å². The molecular formula is C25H36O6. The molecule has 4 aliphatic carbocycles. The summed E-state index contributed by atoms with van der Waals surface area (Å²) in [5.74, 6) is -1.30. The zero-order valence-corrected chi connectivity index (χ0v) is 19.4. The van der Waals surface area contributed by atoms with Crippen LogP contribution in [0.2, 0.25) is 0 Å². The Labute approximate surface area is 184 Å². The Bertz CT molecular complexity index is 871. The van der Waals surface area contributed by atoms with Crippen LogP contribution in [-0.4, -0.2) is 51.5 Å². The standard InChI is InChI=1S/C25H36O6/c1-7-12(2)22(29)31-21-13(3)10-24-14(4)8-17-18(23(17,5)6)16(20(24)28)9-15(11-26)19(27)25(21,24)30/h9-10,12,14,16-19,21,26-27,30H,7-8,11H2,1-6H3/t12-,14-,16?,17?,18?,19?,21?,24?,25?/m1/s1. The van der Waals surface area contributed by atoms with Gasteiger partial charge in [0, 0.05) is 5.92 Å². The molecule has 2 saturated carbocycles. The van der Waals surface area contributed by atoms with Gasteiger partial charge in [0.15, 0.2) is 17.5 Å². The fourth-order valence-electron chi connectivity index (χ4n) is 6.99. The number of allylic oxidation sites excluding steroid dienone is 1. The minimum atomic E-state index is -2.05. The quantitative estimate of drug-likeness (QED) is 0.466. The smallest absolute Gasteiger partial charge is 0.309 e. The van der Waals surface area contributed by atoms with Crippen LogP contribution < -0.4 is 0 Å². The molecule has 172 valence electrons. The van der Waals surface area contributed by atoms with Crippen LogP contribution in [0.4, 0.5) is 0 Å². The molecule has 2 bridgehead atoms. The summed E-state index contributed by atoms with van der Waals surface area (Å²) in [7, 11) is 0. The Balaban J connectivity index is 1.89. The number of fused-ring (bicyclic) bond motifs is 3. The molecule has 0 amide bonds. The van der Waals surface area contributed by atoms with E-state index in [0.29, 0.717) is 17.9 Å². The first-order chi connectivity index (χ1) is 14.4. The summed E-state index contributed by atoms with van der Waals surface area (Å²) in [6.07, 6.45) is 2.11. The number of carbonyl (C=O) groups is 2. The van der Waals surface area contributed by atoms with Crippen LogP contribution in [0, 0.1) is 40.4 Å². The lowest BCUT2D eigenvalue weighted by Crippen LogP contribution is -2.66. The summed E-state index contributed by atoms with van der Waals surface area (Å²) >= 11 is 0. The molecule has 4 rings (SSSR count). The van der Waals surface area contributed by atoms with E-state index in [1.807, 2.05) is 13.8 Å². The van der Waals surface area contributed by atoms with Gasteiger partial charge in [0.25, 0.3) is 0 Å². The second kappa shape index (κ2) is 7.00. The van der Waals surface area contributed by atoms with Crippen molar-refractivity contribution in [3.05, 3.63) is 23.3 Å². The zero-order valence-electron chi connectivity index (χ0n) is 19.4. The molecule has 3 N–H and O–H groups in total. The predicted octanol–water partition coefficient (Wildman–Crippen LogP) is 2.41. The molecule has 0 aliphatic heterocycles. The third-order valence-electron chi connectivity index (χ3n) is 9.15. The van der Waals surface area contributed by atoms with Crippen LogP contribution in [0.3, 0.4) is 0 Å². The number of Topliss-reactive ketones (excluding diaryl/α,β-unsaturated/α-hetero) is 1. The van der Waals surface area contributed by atoms with Crippen LogP contribution in [0.1, 0.15) is 54.4 Å². The van der Waals surface area contributed by atoms with Gasteiger partial charge < -0.3 is 20.1 Å². The van der Waals surface area contributed by atoms with Crippen LogP contribution in [-0.2, 0) is 14.3 Å². The highest BCUT2D eigenvalue weighted by molar-refractivity contribution is 5.95. The summed E-state index contributed by atoms with van der Waals surface area (Å²) < 4.78 is 5.79. The molecule has 6 nitrogen and oxygen atoms in total. The third-order valence-corrected chi connectivity index (χ3v) is 9.15. The Morgan fingerprint density at radius 1 is 1.35 bits per heavy atom. The number of esters is 1. The van der Waals surface area contributed by atoms with E-state index in [4.69, 9.17) is 4.74 Å². The molecular weight excluding hydrogens is 396 g/mol. The van der Waals surface area contributed by atoms with Gasteiger partial charge in [0.2, 0.25) is 0 Å². The largest absolute Gasteiger partial charge is 0.454 e. The molecule has 7 unspecified atom stereocenters. The first kappa shape index (κ1) is 22.7. The van der Waals surface area contributed by atoms with Crippen LogP contribution in [0.25, 0.3) is 0 Å². The monoisotopic (exact) mass is 432 g/mol. The van der Waals surface area contributed by atoms with Gasteiger partial charge in [-0.1, -0.05) is 46.8 Å². The van der Waals surface area contributed by atoms with Crippen LogP contribution in [0.5, 0.6) is 0 Å². The average molecular weight is 433 g/mol. The van der Waals surface area contributed by atoms with Gasteiger partial charge in [0.05, 0.1) is 17.9 Å². The highest BCUT2D eigenvalue weighted by Crippen LogP contribution is 2.71. The van der Waals surface area contributed by atoms with Gasteiger partial charge in [-0.2, -0.15) is 0 Å². The Hall–Kier alpha value is -1.50. The number of hydrogen-bond acceptors (Lipinski definition) is 6. The van der Waals surface area contributed by atoms with Crippen molar-refractivity contribution in [3.63, 3.8) is 0 Å². The minimum absolute atomic E-state index is 0.0134. The van der Waals surface area contributed by atoms with Crippen molar-refractivity contribution in [2.24, 2.45) is 40.4 Å². The number of ether oxygens (including phenoxy) is 1. The highest BCUT2D eigenvalue weighted by Gasteiger charge is 2.76. The predicted molar refractivity (Wildman–Crippen MR) is 115 cm³/mol. The molecule has 31 heavy (non-hydrogen) atoms. The van der Waals surface area contributed by atoms with Gasteiger partial charge in [-0.05, 0) is 54.1 Å². The van der Waals surface area contributed by atoms with Crippen LogP contribution in [0.15, 0.2) is 23.3 Å². The lowest BCUT2D eigenvalue weighted by Gasteiger charge is -2.48. The van der Waals surface area contributed by atoms with Crippen molar-refractivity contribution in [1.82, 2.24) is 0 Å². The molecule has 0 radical (unpaired) electrons. The number of rotatable bonds is 4. The first-order valence-electron chi connectivity index (χ1n) is 11.6. The van der Waals surface area contributed by atoms with Crippen LogP contribution >= 0.6 is 0 Å². The lowest BCUT2D eigenvalue weighted by molar-refractivity contribution is -0.205. The average Bonchev–Trinajstić information content (AvgIpc) is 3.21. The Kier molecular flexibility index (Phi) is 5.12. The zero-order chi connectivity index (χ0) is 23.1. The van der Waals surface area contributed by atoms with Crippen molar-refractivity contribution < 1.29 is 29.6 Å². The second-order valence-corrected chi connectivity index (χ2v) is 11.0. The molecule has 0 aromatic carbocycles. The second-order valence-electron chi connectivity index (χ2n) is 11.0. The van der Waals surface area contributed by atoms with Gasteiger partial charge in [-0.3, -0.25) is 9.59 Å². The molecule has 0 heterocycles. The Morgan fingerprint density at radius 2 is 2.00 bits per heavy atom. The molecule has 4 aliphatic rings. The maximum atomic E-state index is 14.2. The van der Waals surface area contributed by atoms with Crippen molar-refractivity contribution in [1.29, 1.82) is 0 Å². The van der Waals surface area contributed by atoms with E-state index in [1.54, 1.807) is 26.0 Å². The molecule has 2 fully saturated rings. The summed E-state index contributed by atoms with van der Waals surface area (Å²) in [5, 5.41) is 33.7. The summed E-state index contributed by atoms with van der Waals surface area (Å²) in [6, 6.07) is 0. The topological polar surface area (TPSA) is 104 Å². The molecule has 0 aromatic heterocycles. The number of aliphatic hydroxyl groups excluding tert-OH is 2. The fraction of sp³-hybridized carbons (Fsp3) is 0.760. The Morgan fingerprint density at radius 3 is 2.58 bits per heavy atom. The first-order valence-corrected chi connectivity index (χ1v) is 11.6. The van der Waals surface area contributed by atoms with E-state index in [9.17, 15) is 24.9 Å². The normalized spacial score (nSPS) is 46.0. The van der Waals surface area contributed by atoms with E-state index < -0.39 is 41.7 Å². The summed E-state index contributed by atoms with van der Waals surface area (Å²) in [5.41, 5.74) is -2.64. The van der Waals surface area contributed by atoms with Crippen molar-refractivity contribution in [3.8, 4) is 0 Å². The molecule has 0 aromatic rings. The summed E-state index contributed by atoms with van der Waals surface area (Å²) in [6.45, 7) is 11.2. The minimum Gasteiger partial charge on any atom is -0.454 e. The van der Waals surface area contributed by atoms with E-state index in [-0.39, 0.29) is 34.5 Å². The molecule has 0 saturated heterocycles. The third kappa shape index (κ3) is 2.67. The number of hydrogen-bond donors (Lipinski definition) is 3. The van der Waals surface area contributed by atoms with E-state index in [1.165, 1.54) is 0 Å². The lowest BCUT2D eigenvalue weighted by atomic mass is 9.59. The number of carbonyl (C=O) groups excluding carboxylic acids is 2. The molecule has 6 heteroatoms. The van der Waals surface area contributed by atoms with Crippen molar-refractivity contribution >= 4 is 11.8 Å². The van der Waals surface area contributed by atoms with Crippen molar-refractivity contribution in [2.45, 2.75) is 72.2 Å². The highest BCUT2D eigenvalue weighted by atomic mass is 16.6. The van der Waals surface area contributed by atoms with Gasteiger partial charge in [0.1, 0.15) is 6.10 Å². The van der Waals surface area contributed by atoms with Gasteiger partial charge in [-0.25, -0.2) is 0 Å². The van der Waals surface area contributed by atoms with E-state index >= 15 is 0 Å². The SMILES string of the molecule is CC[C@@H](C)C(=O)OC1C(C)=CC23C(=O)C(C=C(CO)C(O)C12O)C1C(C[C@H]3C)C1(C)C. The molecule has 9 atom stereocenters. The number of aliphatic hydroxyl groups is 3. The summed E-state index contributed by atoms with van der Waals surface area (Å²) in [4.78, 5) is 26.9. The number of ketones is 1. The molecule has 1 spiro atoms. The maximum Gasteiger partial charge on any atom is 0.309 e. The van der Waals surface area contributed by atoms with E-state index in [2.05, 4.69) is 13.8 Å². The maximum absolute atomic E-state index is 14.2. The van der Waals surface area contributed by atoms with Crippen molar-refractivity contribution in [2.75, 3.05) is 6.61 Å². The fourth-order valence-corrected chi connectivity index (χ4v) is 6.99. The van der Waals surface area contributed by atoms with Gasteiger partial charge in [-0.15, -0.1) is 0 Å².